The molecule has 2 atom stereocenters. The van der Waals surface area contributed by atoms with E-state index in [1.807, 2.05) is 63.2 Å². The van der Waals surface area contributed by atoms with Gasteiger partial charge in [-0.1, -0.05) is 81.1 Å². The van der Waals surface area contributed by atoms with Gasteiger partial charge in [0.25, 0.3) is 5.91 Å². The number of alkyl carbamates (subject to hydrolysis) is 1. The molecule has 0 spiro atoms. The lowest BCUT2D eigenvalue weighted by atomic mass is 9.96. The van der Waals surface area contributed by atoms with E-state index in [9.17, 15) is 19.5 Å². The summed E-state index contributed by atoms with van der Waals surface area (Å²) >= 11 is 0. The van der Waals surface area contributed by atoms with Crippen LogP contribution in [0.15, 0.2) is 66.7 Å². The molecule has 3 aromatic carbocycles. The van der Waals surface area contributed by atoms with Gasteiger partial charge in [0.1, 0.15) is 23.4 Å². The van der Waals surface area contributed by atoms with Crippen LogP contribution in [0, 0.1) is 20.8 Å². The number of phenols is 1. The van der Waals surface area contributed by atoms with Gasteiger partial charge in [-0.2, -0.15) is 0 Å². The van der Waals surface area contributed by atoms with Crippen molar-refractivity contribution in [3.8, 4) is 5.75 Å². The van der Waals surface area contributed by atoms with E-state index in [1.54, 1.807) is 49.9 Å². The SMILES string of the molecule is CCCCCCCN(C(=O)C(Cc1ccc(O)cc1)NC(=O)OC(C)(C)C)C(C(=O)Nc1ccccc1C)c1ccc(C)c(C)c1. The Morgan fingerprint density at radius 2 is 1.52 bits per heavy atom. The van der Waals surface area contributed by atoms with Crippen molar-refractivity contribution in [2.24, 2.45) is 0 Å². The van der Waals surface area contributed by atoms with E-state index in [2.05, 4.69) is 17.6 Å². The number of aryl methyl sites for hydroxylation is 3. The lowest BCUT2D eigenvalue weighted by molar-refractivity contribution is -0.140. The van der Waals surface area contributed by atoms with E-state index in [-0.39, 0.29) is 18.1 Å². The second kappa shape index (κ2) is 16.8. The Hall–Kier alpha value is -4.33. The van der Waals surface area contributed by atoms with Crippen LogP contribution in [0.5, 0.6) is 5.75 Å². The summed E-state index contributed by atoms with van der Waals surface area (Å²) in [6.45, 7) is 13.7. The summed E-state index contributed by atoms with van der Waals surface area (Å²) in [7, 11) is 0. The number of aromatic hydroxyl groups is 1. The van der Waals surface area contributed by atoms with Crippen LogP contribution in [0.4, 0.5) is 10.5 Å². The fourth-order valence-corrected chi connectivity index (χ4v) is 5.29. The average molecular weight is 630 g/mol. The number of nitrogens with one attached hydrogen (secondary N) is 2. The molecule has 3 rings (SSSR count). The smallest absolute Gasteiger partial charge is 0.408 e. The molecule has 0 radical (unpaired) electrons. The standard InChI is InChI=1S/C38H51N3O5/c1-8-9-10-11-14-23-41(36(44)33(40-37(45)46-38(5,6)7)25-29-18-21-31(42)22-19-29)34(30-20-17-26(2)28(4)24-30)35(43)39-32-16-13-12-15-27(32)3/h12-13,15-22,24,33-34,42H,8-11,14,23,25H2,1-7H3,(H,39,43)(H,40,45). The minimum atomic E-state index is -1.03. The van der Waals surface area contributed by atoms with Crippen LogP contribution >= 0.6 is 0 Å². The van der Waals surface area contributed by atoms with Gasteiger partial charge in [0.2, 0.25) is 5.91 Å². The highest BCUT2D eigenvalue weighted by Gasteiger charge is 2.36. The molecule has 0 bridgehead atoms. The van der Waals surface area contributed by atoms with Crippen LogP contribution in [0.2, 0.25) is 0 Å². The third-order valence-corrected chi connectivity index (χ3v) is 7.96. The fraction of sp³-hybridized carbons (Fsp3) is 0.447. The number of nitrogens with zero attached hydrogens (tertiary/aromatic N) is 1. The van der Waals surface area contributed by atoms with Crippen LogP contribution in [0.1, 0.15) is 93.7 Å². The van der Waals surface area contributed by atoms with Gasteiger partial charge >= 0.3 is 6.09 Å². The molecule has 0 saturated heterocycles. The number of hydrogen-bond acceptors (Lipinski definition) is 5. The minimum Gasteiger partial charge on any atom is -0.508 e. The molecule has 3 aromatic rings. The Labute approximate surface area is 274 Å². The number of phenolic OH excluding ortho intramolecular Hbond substituents is 1. The van der Waals surface area contributed by atoms with E-state index in [0.29, 0.717) is 24.2 Å². The first-order chi connectivity index (χ1) is 21.8. The normalized spacial score (nSPS) is 12.6. The first-order valence-corrected chi connectivity index (χ1v) is 16.3. The van der Waals surface area contributed by atoms with Crippen molar-refractivity contribution in [2.45, 2.75) is 105 Å². The Kier molecular flexibility index (Phi) is 13.2. The minimum absolute atomic E-state index is 0.100. The molecule has 46 heavy (non-hydrogen) atoms. The number of unbranched alkanes of at least 4 members (excludes halogenated alkanes) is 4. The quantitative estimate of drug-likeness (QED) is 0.157. The van der Waals surface area contributed by atoms with E-state index in [4.69, 9.17) is 4.74 Å². The molecule has 3 N–H and O–H groups in total. The van der Waals surface area contributed by atoms with Gasteiger partial charge in [-0.25, -0.2) is 4.79 Å². The van der Waals surface area contributed by atoms with Crippen LogP contribution < -0.4 is 10.6 Å². The second-order valence-corrected chi connectivity index (χ2v) is 13.1. The van der Waals surface area contributed by atoms with Gasteiger partial charge in [-0.3, -0.25) is 9.59 Å². The maximum absolute atomic E-state index is 14.8. The number of carbonyl (C=O) groups is 3. The Balaban J connectivity index is 2.10. The largest absolute Gasteiger partial charge is 0.508 e. The molecule has 0 aliphatic heterocycles. The average Bonchev–Trinajstić information content (AvgIpc) is 2.98. The van der Waals surface area contributed by atoms with Gasteiger partial charge in [0.05, 0.1) is 0 Å². The first-order valence-electron chi connectivity index (χ1n) is 16.3. The van der Waals surface area contributed by atoms with Crippen molar-refractivity contribution in [3.05, 3.63) is 94.5 Å². The molecule has 2 unspecified atom stereocenters. The maximum atomic E-state index is 14.8. The highest BCUT2D eigenvalue weighted by atomic mass is 16.6. The summed E-state index contributed by atoms with van der Waals surface area (Å²) < 4.78 is 5.55. The predicted molar refractivity (Wildman–Crippen MR) is 184 cm³/mol. The molecule has 8 heteroatoms. The summed E-state index contributed by atoms with van der Waals surface area (Å²) in [5.41, 5.74) is 4.32. The van der Waals surface area contributed by atoms with Crippen LogP contribution in [0.3, 0.4) is 0 Å². The van der Waals surface area contributed by atoms with Gasteiger partial charge < -0.3 is 25.4 Å². The van der Waals surface area contributed by atoms with Gasteiger partial charge in [-0.05, 0) is 94.0 Å². The molecule has 0 saturated carbocycles. The summed E-state index contributed by atoms with van der Waals surface area (Å²) in [5.74, 6) is -0.624. The topological polar surface area (TPSA) is 108 Å². The number of hydrogen-bond donors (Lipinski definition) is 3. The van der Waals surface area contributed by atoms with Crippen molar-refractivity contribution in [1.29, 1.82) is 0 Å². The summed E-state index contributed by atoms with van der Waals surface area (Å²) in [5, 5.41) is 15.7. The molecule has 248 valence electrons. The highest BCUT2D eigenvalue weighted by molar-refractivity contribution is 5.99. The van der Waals surface area contributed by atoms with Crippen molar-refractivity contribution in [2.75, 3.05) is 11.9 Å². The number of ether oxygens (including phenoxy) is 1. The number of anilines is 1. The third-order valence-electron chi connectivity index (χ3n) is 7.96. The molecular weight excluding hydrogens is 578 g/mol. The van der Waals surface area contributed by atoms with Crippen LogP contribution in [-0.4, -0.2) is 46.1 Å². The Morgan fingerprint density at radius 3 is 2.15 bits per heavy atom. The van der Waals surface area contributed by atoms with Crippen LogP contribution in [-0.2, 0) is 20.7 Å². The number of benzene rings is 3. The molecule has 3 amide bonds. The van der Waals surface area contributed by atoms with E-state index in [1.165, 1.54) is 0 Å². The Morgan fingerprint density at radius 1 is 0.848 bits per heavy atom. The van der Waals surface area contributed by atoms with Crippen molar-refractivity contribution < 1.29 is 24.2 Å². The van der Waals surface area contributed by atoms with Gasteiger partial charge in [0.15, 0.2) is 0 Å². The summed E-state index contributed by atoms with van der Waals surface area (Å²) in [6, 6.07) is 17.9. The predicted octanol–water partition coefficient (Wildman–Crippen LogP) is 7.93. The van der Waals surface area contributed by atoms with Crippen molar-refractivity contribution >= 4 is 23.6 Å². The van der Waals surface area contributed by atoms with Crippen molar-refractivity contribution in [3.63, 3.8) is 0 Å². The number of carbonyl (C=O) groups excluding carboxylic acids is 3. The summed E-state index contributed by atoms with van der Waals surface area (Å²) in [6.07, 6.45) is 4.22. The maximum Gasteiger partial charge on any atom is 0.408 e. The number of amides is 3. The van der Waals surface area contributed by atoms with Crippen LogP contribution in [0.25, 0.3) is 0 Å². The zero-order valence-electron chi connectivity index (χ0n) is 28.5. The zero-order valence-corrected chi connectivity index (χ0v) is 28.5. The third kappa shape index (κ3) is 10.9. The Bertz CT molecular complexity index is 1460. The monoisotopic (exact) mass is 629 g/mol. The number of para-hydroxylation sites is 1. The van der Waals surface area contributed by atoms with E-state index < -0.39 is 29.7 Å². The fourth-order valence-electron chi connectivity index (χ4n) is 5.29. The molecule has 0 heterocycles. The highest BCUT2D eigenvalue weighted by Crippen LogP contribution is 2.28. The molecule has 0 aliphatic rings. The van der Waals surface area contributed by atoms with E-state index >= 15 is 0 Å². The zero-order chi connectivity index (χ0) is 33.9. The molecule has 0 aliphatic carbocycles. The molecule has 0 aromatic heterocycles. The lowest BCUT2D eigenvalue weighted by Gasteiger charge is -2.35. The van der Waals surface area contributed by atoms with Crippen molar-refractivity contribution in [1.82, 2.24) is 10.2 Å². The van der Waals surface area contributed by atoms with Gasteiger partial charge in [0, 0.05) is 18.7 Å². The second-order valence-electron chi connectivity index (χ2n) is 13.1. The lowest BCUT2D eigenvalue weighted by Crippen LogP contribution is -2.53. The molecular formula is C38H51N3O5. The van der Waals surface area contributed by atoms with Gasteiger partial charge in [-0.15, -0.1) is 0 Å². The number of rotatable bonds is 14. The first kappa shape index (κ1) is 36.1. The molecule has 8 nitrogen and oxygen atoms in total. The summed E-state index contributed by atoms with van der Waals surface area (Å²) in [4.78, 5) is 43.8. The molecule has 0 fully saturated rings. The van der Waals surface area contributed by atoms with E-state index in [0.717, 1.165) is 47.9 Å².